The van der Waals surface area contributed by atoms with Crippen molar-refractivity contribution in [1.82, 2.24) is 9.78 Å². The van der Waals surface area contributed by atoms with Crippen molar-refractivity contribution in [2.24, 2.45) is 0 Å². The number of hydrogen-bond donors (Lipinski definition) is 1. The summed E-state index contributed by atoms with van der Waals surface area (Å²) >= 11 is 0. The van der Waals surface area contributed by atoms with Gasteiger partial charge in [-0.3, -0.25) is 4.72 Å². The number of halogens is 2. The van der Waals surface area contributed by atoms with E-state index < -0.39 is 21.7 Å². The van der Waals surface area contributed by atoms with Crippen molar-refractivity contribution in [3.63, 3.8) is 0 Å². The van der Waals surface area contributed by atoms with Gasteiger partial charge < -0.3 is 4.74 Å². The minimum absolute atomic E-state index is 0.127. The van der Waals surface area contributed by atoms with Crippen molar-refractivity contribution in [2.45, 2.75) is 25.5 Å². The maximum absolute atomic E-state index is 13.8. The van der Waals surface area contributed by atoms with Gasteiger partial charge in [0.25, 0.3) is 10.0 Å². The van der Waals surface area contributed by atoms with Gasteiger partial charge in [0.2, 0.25) is 0 Å². The van der Waals surface area contributed by atoms with Crippen LogP contribution in [0, 0.1) is 25.5 Å². The van der Waals surface area contributed by atoms with E-state index in [1.54, 1.807) is 32.0 Å². The Balaban J connectivity index is 1.57. The van der Waals surface area contributed by atoms with Crippen LogP contribution >= 0.6 is 0 Å². The van der Waals surface area contributed by atoms with Crippen molar-refractivity contribution in [3.8, 4) is 5.75 Å². The molecule has 0 amide bonds. The molecule has 4 aromatic rings. The van der Waals surface area contributed by atoms with Crippen LogP contribution in [0.5, 0.6) is 5.75 Å². The quantitative estimate of drug-likeness (QED) is 0.466. The van der Waals surface area contributed by atoms with E-state index in [1.165, 1.54) is 10.7 Å². The second-order valence-electron chi connectivity index (χ2n) is 7.01. The zero-order chi connectivity index (χ0) is 22.2. The second kappa shape index (κ2) is 7.99. The third kappa shape index (κ3) is 4.22. The van der Waals surface area contributed by atoms with Crippen molar-refractivity contribution in [1.29, 1.82) is 0 Å². The molecule has 0 aliphatic heterocycles. The molecule has 4 rings (SSSR count). The third-order valence-electron chi connectivity index (χ3n) is 4.89. The molecular formula is C22H19F2N3O3S. The lowest BCUT2D eigenvalue weighted by molar-refractivity contribution is 0.208. The molecule has 0 aliphatic carbocycles. The lowest BCUT2D eigenvalue weighted by Gasteiger charge is -2.11. The van der Waals surface area contributed by atoms with Gasteiger partial charge in [-0.15, -0.1) is 0 Å². The van der Waals surface area contributed by atoms with E-state index in [2.05, 4.69) is 9.82 Å². The summed E-state index contributed by atoms with van der Waals surface area (Å²) in [6.07, 6.45) is 0. The fraction of sp³-hybridized carbons (Fsp3) is 0.136. The van der Waals surface area contributed by atoms with Crippen LogP contribution < -0.4 is 9.46 Å². The van der Waals surface area contributed by atoms with Gasteiger partial charge >= 0.3 is 0 Å². The van der Waals surface area contributed by atoms with E-state index in [4.69, 9.17) is 4.74 Å². The lowest BCUT2D eigenvalue weighted by atomic mass is 10.1. The zero-order valence-corrected chi connectivity index (χ0v) is 17.6. The van der Waals surface area contributed by atoms with E-state index in [1.807, 2.05) is 24.3 Å². The maximum Gasteiger partial charge on any atom is 0.262 e. The first-order chi connectivity index (χ1) is 14.7. The Kier molecular flexibility index (Phi) is 5.36. The highest BCUT2D eigenvalue weighted by Gasteiger charge is 2.20. The Morgan fingerprint density at radius 1 is 1.00 bits per heavy atom. The molecule has 160 valence electrons. The molecule has 0 atom stereocenters. The number of hydrogen-bond acceptors (Lipinski definition) is 4. The van der Waals surface area contributed by atoms with Crippen molar-refractivity contribution in [3.05, 3.63) is 83.7 Å². The molecule has 0 saturated carbocycles. The average molecular weight is 443 g/mol. The minimum Gasteiger partial charge on any atom is -0.468 e. The first-order valence-electron chi connectivity index (χ1n) is 9.38. The molecule has 0 bridgehead atoms. The Morgan fingerprint density at radius 2 is 1.74 bits per heavy atom. The third-order valence-corrected chi connectivity index (χ3v) is 6.23. The zero-order valence-electron chi connectivity index (χ0n) is 16.8. The molecule has 3 aromatic carbocycles. The molecule has 1 aromatic heterocycles. The maximum atomic E-state index is 13.8. The topological polar surface area (TPSA) is 73.2 Å². The van der Waals surface area contributed by atoms with E-state index in [0.29, 0.717) is 17.1 Å². The number of benzene rings is 3. The van der Waals surface area contributed by atoms with Crippen molar-refractivity contribution in [2.75, 3.05) is 4.72 Å². The first kappa shape index (κ1) is 20.8. The number of aromatic nitrogens is 2. The molecule has 31 heavy (non-hydrogen) atoms. The molecule has 6 nitrogen and oxygen atoms in total. The fourth-order valence-electron chi connectivity index (χ4n) is 3.22. The normalized spacial score (nSPS) is 11.6. The van der Waals surface area contributed by atoms with E-state index in [9.17, 15) is 17.2 Å². The van der Waals surface area contributed by atoms with Crippen LogP contribution in [0.1, 0.15) is 11.4 Å². The van der Waals surface area contributed by atoms with Crippen LogP contribution in [0.4, 0.5) is 14.5 Å². The van der Waals surface area contributed by atoms with E-state index in [-0.39, 0.29) is 17.4 Å². The molecule has 0 aliphatic rings. The summed E-state index contributed by atoms with van der Waals surface area (Å²) in [5, 5.41) is 6.01. The predicted octanol–water partition coefficient (Wildman–Crippen LogP) is 4.77. The Hall–Kier alpha value is -3.46. The Morgan fingerprint density at radius 3 is 2.48 bits per heavy atom. The molecule has 0 fully saturated rings. The Bertz CT molecular complexity index is 1380. The first-order valence-corrected chi connectivity index (χ1v) is 10.9. The smallest absolute Gasteiger partial charge is 0.262 e. The number of rotatable bonds is 6. The van der Waals surface area contributed by atoms with Crippen LogP contribution in [-0.2, 0) is 16.8 Å². The summed E-state index contributed by atoms with van der Waals surface area (Å²) < 4.78 is 62.1. The summed E-state index contributed by atoms with van der Waals surface area (Å²) in [4.78, 5) is 0.127. The highest BCUT2D eigenvalue weighted by atomic mass is 32.2. The summed E-state index contributed by atoms with van der Waals surface area (Å²) in [6.45, 7) is 3.15. The second-order valence-corrected chi connectivity index (χ2v) is 8.69. The fourth-order valence-corrected chi connectivity index (χ4v) is 4.43. The molecule has 0 radical (unpaired) electrons. The predicted molar refractivity (Wildman–Crippen MR) is 113 cm³/mol. The van der Waals surface area contributed by atoms with Gasteiger partial charge in [-0.25, -0.2) is 21.9 Å². The number of anilines is 1. The highest BCUT2D eigenvalue weighted by molar-refractivity contribution is 7.92. The molecule has 0 unspecified atom stereocenters. The van der Waals surface area contributed by atoms with Gasteiger partial charge in [-0.2, -0.15) is 5.10 Å². The molecule has 0 saturated heterocycles. The van der Waals surface area contributed by atoms with Crippen LogP contribution in [0.2, 0.25) is 0 Å². The summed E-state index contributed by atoms with van der Waals surface area (Å²) in [7, 11) is -3.86. The minimum atomic E-state index is -3.86. The van der Waals surface area contributed by atoms with Gasteiger partial charge in [-0.1, -0.05) is 30.3 Å². The summed E-state index contributed by atoms with van der Waals surface area (Å²) in [5.41, 5.74) is 1.24. The van der Waals surface area contributed by atoms with E-state index >= 15 is 0 Å². The SMILES string of the molecule is Cc1nn(COc2ccc(F)cc2F)c(C)c1NS(=O)(=O)c1ccc2ccccc2c1. The number of sulfonamides is 1. The van der Waals surface area contributed by atoms with Gasteiger partial charge in [-0.05, 0) is 48.9 Å². The molecule has 0 spiro atoms. The monoisotopic (exact) mass is 443 g/mol. The number of fused-ring (bicyclic) bond motifs is 1. The van der Waals surface area contributed by atoms with Crippen LogP contribution in [0.15, 0.2) is 65.6 Å². The largest absolute Gasteiger partial charge is 0.468 e. The molecule has 1 N–H and O–H groups in total. The van der Waals surface area contributed by atoms with Crippen molar-refractivity contribution < 1.29 is 21.9 Å². The molecular weight excluding hydrogens is 424 g/mol. The van der Waals surface area contributed by atoms with Crippen LogP contribution in [-0.4, -0.2) is 18.2 Å². The van der Waals surface area contributed by atoms with Crippen LogP contribution in [0.3, 0.4) is 0 Å². The number of nitrogens with zero attached hydrogens (tertiary/aromatic N) is 2. The average Bonchev–Trinajstić information content (AvgIpc) is 3.00. The van der Waals surface area contributed by atoms with E-state index in [0.717, 1.165) is 22.9 Å². The summed E-state index contributed by atoms with van der Waals surface area (Å²) in [5.74, 6) is -1.67. The summed E-state index contributed by atoms with van der Waals surface area (Å²) in [6, 6.07) is 15.4. The Labute approximate surface area is 178 Å². The van der Waals surface area contributed by atoms with Gasteiger partial charge in [0, 0.05) is 6.07 Å². The number of ether oxygens (including phenoxy) is 1. The van der Waals surface area contributed by atoms with Crippen molar-refractivity contribution >= 4 is 26.5 Å². The number of aryl methyl sites for hydroxylation is 1. The van der Waals surface area contributed by atoms with Crippen LogP contribution in [0.25, 0.3) is 10.8 Å². The van der Waals surface area contributed by atoms with Gasteiger partial charge in [0.1, 0.15) is 5.82 Å². The highest BCUT2D eigenvalue weighted by Crippen LogP contribution is 2.26. The lowest BCUT2D eigenvalue weighted by Crippen LogP contribution is -2.14. The van der Waals surface area contributed by atoms with Gasteiger partial charge in [0.05, 0.1) is 22.0 Å². The standard InChI is InChI=1S/C22H19F2N3O3S/c1-14-22(15(2)27(25-14)13-30-21-10-8-18(23)12-20(21)24)26-31(28,29)19-9-7-16-5-3-4-6-17(16)11-19/h3-12,26H,13H2,1-2H3. The molecule has 1 heterocycles. The number of nitrogens with one attached hydrogen (secondary N) is 1. The molecule has 9 heteroatoms. The van der Waals surface area contributed by atoms with Gasteiger partial charge in [0.15, 0.2) is 18.3 Å².